The number of nitrogens with zero attached hydrogens (tertiary/aromatic N) is 2. The number of rotatable bonds is 5. The van der Waals surface area contributed by atoms with Gasteiger partial charge in [0.1, 0.15) is 0 Å². The molecule has 0 aromatic heterocycles. The van der Waals surface area contributed by atoms with Crippen molar-refractivity contribution in [3.8, 4) is 0 Å². The predicted octanol–water partition coefficient (Wildman–Crippen LogP) is 2.02. The van der Waals surface area contributed by atoms with Gasteiger partial charge in [0.05, 0.1) is 10.6 Å². The van der Waals surface area contributed by atoms with Gasteiger partial charge in [0, 0.05) is 31.7 Å². The van der Waals surface area contributed by atoms with Gasteiger partial charge < -0.3 is 9.80 Å². The molecule has 28 heavy (non-hydrogen) atoms. The lowest BCUT2D eigenvalue weighted by atomic mass is 10.1. The number of hydrogen-bond acceptors (Lipinski definition) is 4. The molecule has 2 aromatic carbocycles. The summed E-state index contributed by atoms with van der Waals surface area (Å²) in [4.78, 5) is 27.0. The number of anilines is 1. The van der Waals surface area contributed by atoms with Gasteiger partial charge in [-0.25, -0.2) is 8.42 Å². The Morgan fingerprint density at radius 2 is 1.64 bits per heavy atom. The molecular weight excluding hydrogens is 378 g/mol. The molecule has 0 unspecified atom stereocenters. The molecule has 2 aromatic rings. The van der Waals surface area contributed by atoms with Crippen molar-refractivity contribution >= 4 is 28.0 Å². The molecule has 8 heteroatoms. The third kappa shape index (κ3) is 4.33. The molecule has 1 N–H and O–H groups in total. The van der Waals surface area contributed by atoms with Crippen molar-refractivity contribution < 1.29 is 18.0 Å². The third-order valence-electron chi connectivity index (χ3n) is 4.81. The molecule has 7 nitrogen and oxygen atoms in total. The van der Waals surface area contributed by atoms with Gasteiger partial charge in [-0.1, -0.05) is 23.8 Å². The SMILES string of the molecule is Cc1ccc(S(=O)(=O)Nc2cc(C(=O)N3CCN(C=O)CC3)ccc2C)cc1. The summed E-state index contributed by atoms with van der Waals surface area (Å²) in [6, 6.07) is 11.6. The van der Waals surface area contributed by atoms with Crippen molar-refractivity contribution in [3.63, 3.8) is 0 Å². The van der Waals surface area contributed by atoms with E-state index in [1.54, 1.807) is 59.2 Å². The number of hydrogen-bond donors (Lipinski definition) is 1. The van der Waals surface area contributed by atoms with Crippen molar-refractivity contribution in [1.82, 2.24) is 9.80 Å². The molecule has 1 saturated heterocycles. The van der Waals surface area contributed by atoms with Crippen LogP contribution in [-0.4, -0.2) is 56.7 Å². The van der Waals surface area contributed by atoms with E-state index in [9.17, 15) is 18.0 Å². The van der Waals surface area contributed by atoms with E-state index in [0.29, 0.717) is 37.4 Å². The monoisotopic (exact) mass is 401 g/mol. The van der Waals surface area contributed by atoms with E-state index < -0.39 is 10.0 Å². The van der Waals surface area contributed by atoms with Crippen LogP contribution in [0.1, 0.15) is 21.5 Å². The molecule has 1 fully saturated rings. The van der Waals surface area contributed by atoms with Gasteiger partial charge in [-0.3, -0.25) is 14.3 Å². The largest absolute Gasteiger partial charge is 0.342 e. The Hall–Kier alpha value is -2.87. The normalized spacial score (nSPS) is 14.6. The maximum Gasteiger partial charge on any atom is 0.261 e. The van der Waals surface area contributed by atoms with Crippen LogP contribution in [0.5, 0.6) is 0 Å². The van der Waals surface area contributed by atoms with Crippen LogP contribution >= 0.6 is 0 Å². The summed E-state index contributed by atoms with van der Waals surface area (Å²) in [6.45, 7) is 5.57. The number of amides is 2. The molecule has 0 radical (unpaired) electrons. The lowest BCUT2D eigenvalue weighted by Gasteiger charge is -2.32. The lowest BCUT2D eigenvalue weighted by Crippen LogP contribution is -2.48. The first-order valence-electron chi connectivity index (χ1n) is 8.99. The molecule has 3 rings (SSSR count). The van der Waals surface area contributed by atoms with E-state index in [-0.39, 0.29) is 10.8 Å². The molecule has 0 atom stereocenters. The second kappa shape index (κ2) is 8.02. The Balaban J connectivity index is 1.80. The van der Waals surface area contributed by atoms with Crippen LogP contribution in [0.4, 0.5) is 5.69 Å². The standard InChI is InChI=1S/C20H23N3O4S/c1-15-3-7-18(8-4-15)28(26,27)21-19-13-17(6-5-16(19)2)20(25)23-11-9-22(14-24)10-12-23/h3-8,13-14,21H,9-12H2,1-2H3. The highest BCUT2D eigenvalue weighted by atomic mass is 32.2. The first-order chi connectivity index (χ1) is 13.3. The minimum absolute atomic E-state index is 0.166. The Kier molecular flexibility index (Phi) is 5.69. The number of nitrogens with one attached hydrogen (secondary N) is 1. The van der Waals surface area contributed by atoms with Gasteiger partial charge in [0.2, 0.25) is 6.41 Å². The first-order valence-corrected chi connectivity index (χ1v) is 10.5. The fourth-order valence-corrected chi connectivity index (χ4v) is 4.12. The van der Waals surface area contributed by atoms with Gasteiger partial charge in [0.25, 0.3) is 15.9 Å². The zero-order valence-corrected chi connectivity index (χ0v) is 16.7. The summed E-state index contributed by atoms with van der Waals surface area (Å²) in [6.07, 6.45) is 0.783. The van der Waals surface area contributed by atoms with E-state index >= 15 is 0 Å². The molecule has 148 valence electrons. The maximum atomic E-state index is 12.8. The summed E-state index contributed by atoms with van der Waals surface area (Å²) < 4.78 is 27.9. The van der Waals surface area contributed by atoms with Crippen LogP contribution < -0.4 is 4.72 Å². The lowest BCUT2D eigenvalue weighted by molar-refractivity contribution is -0.119. The Morgan fingerprint density at radius 1 is 1.00 bits per heavy atom. The van der Waals surface area contributed by atoms with Crippen LogP contribution in [0.2, 0.25) is 0 Å². The number of sulfonamides is 1. The molecule has 0 aliphatic carbocycles. The number of carbonyl (C=O) groups is 2. The van der Waals surface area contributed by atoms with Crippen molar-refractivity contribution in [2.24, 2.45) is 0 Å². The number of benzene rings is 2. The molecule has 0 spiro atoms. The second-order valence-corrected chi connectivity index (χ2v) is 8.56. The van der Waals surface area contributed by atoms with Gasteiger partial charge >= 0.3 is 0 Å². The summed E-state index contributed by atoms with van der Waals surface area (Å²) >= 11 is 0. The highest BCUT2D eigenvalue weighted by molar-refractivity contribution is 7.92. The average molecular weight is 401 g/mol. The topological polar surface area (TPSA) is 86.8 Å². The molecule has 1 aliphatic heterocycles. The van der Waals surface area contributed by atoms with E-state index in [4.69, 9.17) is 0 Å². The van der Waals surface area contributed by atoms with E-state index in [0.717, 1.165) is 17.5 Å². The Bertz CT molecular complexity index is 979. The van der Waals surface area contributed by atoms with Gasteiger partial charge in [0.15, 0.2) is 0 Å². The third-order valence-corrected chi connectivity index (χ3v) is 6.19. The maximum absolute atomic E-state index is 12.8. The molecule has 0 saturated carbocycles. The predicted molar refractivity (Wildman–Crippen MR) is 107 cm³/mol. The number of piperazine rings is 1. The zero-order chi connectivity index (χ0) is 20.3. The molecule has 1 aliphatic rings. The highest BCUT2D eigenvalue weighted by Crippen LogP contribution is 2.22. The van der Waals surface area contributed by atoms with Crippen LogP contribution in [-0.2, 0) is 14.8 Å². The molecule has 0 bridgehead atoms. The van der Waals surface area contributed by atoms with Crippen molar-refractivity contribution in [2.75, 3.05) is 30.9 Å². The van der Waals surface area contributed by atoms with Gasteiger partial charge in [-0.15, -0.1) is 0 Å². The molecular formula is C20H23N3O4S. The van der Waals surface area contributed by atoms with E-state index in [1.807, 2.05) is 6.92 Å². The minimum Gasteiger partial charge on any atom is -0.342 e. The second-order valence-electron chi connectivity index (χ2n) is 6.88. The van der Waals surface area contributed by atoms with Crippen LogP contribution in [0, 0.1) is 13.8 Å². The smallest absolute Gasteiger partial charge is 0.261 e. The average Bonchev–Trinajstić information content (AvgIpc) is 2.69. The first kappa shape index (κ1) is 19.9. The van der Waals surface area contributed by atoms with E-state index in [2.05, 4.69) is 4.72 Å². The minimum atomic E-state index is -3.75. The zero-order valence-electron chi connectivity index (χ0n) is 15.9. The summed E-state index contributed by atoms with van der Waals surface area (Å²) in [7, 11) is -3.75. The fourth-order valence-electron chi connectivity index (χ4n) is 3.00. The van der Waals surface area contributed by atoms with Gasteiger partial charge in [-0.2, -0.15) is 0 Å². The van der Waals surface area contributed by atoms with Crippen LogP contribution in [0.25, 0.3) is 0 Å². The van der Waals surface area contributed by atoms with Crippen LogP contribution in [0.3, 0.4) is 0 Å². The Morgan fingerprint density at radius 3 is 2.25 bits per heavy atom. The summed E-state index contributed by atoms with van der Waals surface area (Å²) in [5.74, 6) is -0.179. The highest BCUT2D eigenvalue weighted by Gasteiger charge is 2.22. The molecule has 2 amide bonds. The van der Waals surface area contributed by atoms with Crippen molar-refractivity contribution in [1.29, 1.82) is 0 Å². The Labute approximate surface area is 165 Å². The summed E-state index contributed by atoms with van der Waals surface area (Å²) in [5.41, 5.74) is 2.47. The quantitative estimate of drug-likeness (QED) is 0.777. The number of carbonyl (C=O) groups excluding carboxylic acids is 2. The number of aryl methyl sites for hydroxylation is 2. The summed E-state index contributed by atoms with van der Waals surface area (Å²) in [5, 5.41) is 0. The van der Waals surface area contributed by atoms with Gasteiger partial charge in [-0.05, 0) is 43.7 Å². The van der Waals surface area contributed by atoms with E-state index in [1.165, 1.54) is 0 Å². The van der Waals surface area contributed by atoms with Crippen molar-refractivity contribution in [2.45, 2.75) is 18.7 Å². The van der Waals surface area contributed by atoms with Crippen LogP contribution in [0.15, 0.2) is 47.4 Å². The fraction of sp³-hybridized carbons (Fsp3) is 0.300. The van der Waals surface area contributed by atoms with Crippen molar-refractivity contribution in [3.05, 3.63) is 59.2 Å². The molecule has 1 heterocycles.